The summed E-state index contributed by atoms with van der Waals surface area (Å²) >= 11 is 0. The Morgan fingerprint density at radius 2 is 1.82 bits per heavy atom. The Hall–Kier alpha value is -3.68. The second-order valence-electron chi connectivity index (χ2n) is 9.38. The van der Waals surface area contributed by atoms with Crippen molar-refractivity contribution >= 4 is 27.3 Å². The summed E-state index contributed by atoms with van der Waals surface area (Å²) < 4.78 is 46.8. The van der Waals surface area contributed by atoms with Crippen LogP contribution in [0.4, 0.5) is 5.69 Å². The smallest absolute Gasteiger partial charge is 0.356 e. The predicted molar refractivity (Wildman–Crippen MR) is 144 cm³/mol. The summed E-state index contributed by atoms with van der Waals surface area (Å²) in [6.45, 7) is 3.45. The number of carbonyl (C=O) groups is 1. The van der Waals surface area contributed by atoms with Gasteiger partial charge in [-0.1, -0.05) is 61.6 Å². The highest BCUT2D eigenvalue weighted by atomic mass is 32.2. The molecule has 0 fully saturated rings. The average Bonchev–Trinajstić information content (AvgIpc) is 3.43. The monoisotopic (exact) mass is 570 g/mol. The molecule has 0 saturated carbocycles. The first-order chi connectivity index (χ1) is 19.3. The highest BCUT2D eigenvalue weighted by Crippen LogP contribution is 2.51. The summed E-state index contributed by atoms with van der Waals surface area (Å²) in [5.74, 6) is -0.554. The van der Waals surface area contributed by atoms with Gasteiger partial charge in [-0.3, -0.25) is 15.3 Å². The van der Waals surface area contributed by atoms with Crippen molar-refractivity contribution in [3.05, 3.63) is 83.1 Å². The third kappa shape index (κ3) is 5.00. The van der Waals surface area contributed by atoms with Crippen molar-refractivity contribution in [2.75, 3.05) is 24.3 Å². The van der Waals surface area contributed by atoms with E-state index in [1.54, 1.807) is 55.5 Å². The molecule has 212 valence electrons. The van der Waals surface area contributed by atoms with Crippen molar-refractivity contribution in [2.24, 2.45) is 5.92 Å². The maximum atomic E-state index is 14.2. The number of carbonyl (C=O) groups excluding carboxylic acids is 1. The number of esters is 1. The third-order valence-corrected chi connectivity index (χ3v) is 9.03. The molecule has 11 nitrogen and oxygen atoms in total. The second kappa shape index (κ2) is 11.4. The van der Waals surface area contributed by atoms with E-state index in [1.165, 1.54) is 0 Å². The van der Waals surface area contributed by atoms with Crippen LogP contribution in [0.2, 0.25) is 0 Å². The minimum Gasteiger partial charge on any atom is -0.461 e. The minimum absolute atomic E-state index is 0.00276. The van der Waals surface area contributed by atoms with Crippen molar-refractivity contribution in [3.63, 3.8) is 0 Å². The van der Waals surface area contributed by atoms with Crippen LogP contribution in [0.1, 0.15) is 30.0 Å². The van der Waals surface area contributed by atoms with Gasteiger partial charge in [0.15, 0.2) is 11.5 Å². The molecule has 1 aliphatic carbocycles. The number of aryl methyl sites for hydroxylation is 2. The summed E-state index contributed by atoms with van der Waals surface area (Å²) in [6, 6.07) is 10.6. The lowest BCUT2D eigenvalue weighted by Crippen LogP contribution is -2.49. The van der Waals surface area contributed by atoms with E-state index in [9.17, 15) is 13.2 Å². The SMILES string of the molecule is CCc1ccc(C2=C(C(=O)OCCCON(O)O)N(c3ccccc3C)S(=O)(=O)C3C=CC=CC23)c2c1OCO2. The molecule has 0 radical (unpaired) electrons. The van der Waals surface area contributed by atoms with Gasteiger partial charge >= 0.3 is 5.97 Å². The molecule has 0 aromatic heterocycles. The highest BCUT2D eigenvalue weighted by molar-refractivity contribution is 7.94. The van der Waals surface area contributed by atoms with Crippen LogP contribution < -0.4 is 13.8 Å². The van der Waals surface area contributed by atoms with Crippen molar-refractivity contribution in [1.82, 2.24) is 5.39 Å². The second-order valence-corrected chi connectivity index (χ2v) is 11.3. The molecule has 40 heavy (non-hydrogen) atoms. The van der Waals surface area contributed by atoms with Crippen LogP contribution in [0, 0.1) is 12.8 Å². The van der Waals surface area contributed by atoms with Crippen molar-refractivity contribution in [3.8, 4) is 11.5 Å². The van der Waals surface area contributed by atoms with Crippen LogP contribution in [0.3, 0.4) is 0 Å². The van der Waals surface area contributed by atoms with Crippen LogP contribution in [-0.4, -0.2) is 55.4 Å². The Labute approximate surface area is 232 Å². The number of fused-ring (bicyclic) bond motifs is 2. The number of nitrogens with zero attached hydrogens (tertiary/aromatic N) is 2. The number of anilines is 1. The topological polar surface area (TPSA) is 135 Å². The summed E-state index contributed by atoms with van der Waals surface area (Å²) in [4.78, 5) is 18.4. The van der Waals surface area contributed by atoms with E-state index in [0.717, 1.165) is 9.87 Å². The first kappa shape index (κ1) is 27.9. The molecule has 2 heterocycles. The molecule has 0 bridgehead atoms. The molecule has 0 amide bonds. The molecular weight excluding hydrogens is 540 g/mol. The number of para-hydroxylation sites is 1. The Morgan fingerprint density at radius 1 is 1.07 bits per heavy atom. The minimum atomic E-state index is -4.14. The normalized spacial score (nSPS) is 20.7. The van der Waals surface area contributed by atoms with Gasteiger partial charge in [0.05, 0.1) is 24.3 Å². The lowest BCUT2D eigenvalue weighted by molar-refractivity contribution is -0.492. The van der Waals surface area contributed by atoms with E-state index >= 15 is 0 Å². The van der Waals surface area contributed by atoms with Gasteiger partial charge in [-0.05, 0) is 30.5 Å². The Morgan fingerprint density at radius 3 is 2.58 bits per heavy atom. The molecule has 2 unspecified atom stereocenters. The number of hydrogen-bond acceptors (Lipinski definition) is 10. The van der Waals surface area contributed by atoms with Crippen LogP contribution >= 0.6 is 0 Å². The lowest BCUT2D eigenvalue weighted by Gasteiger charge is -2.40. The average molecular weight is 571 g/mol. The fourth-order valence-corrected chi connectivity index (χ4v) is 7.21. The summed E-state index contributed by atoms with van der Waals surface area (Å²) in [5, 5.41) is 16.1. The van der Waals surface area contributed by atoms with Gasteiger partial charge in [0.1, 0.15) is 10.9 Å². The molecule has 12 heteroatoms. The number of benzene rings is 2. The van der Waals surface area contributed by atoms with Gasteiger partial charge in [-0.15, -0.1) is 0 Å². The van der Waals surface area contributed by atoms with Crippen LogP contribution in [0.25, 0.3) is 5.57 Å². The highest BCUT2D eigenvalue weighted by Gasteiger charge is 2.50. The van der Waals surface area contributed by atoms with Gasteiger partial charge < -0.3 is 14.2 Å². The Bertz CT molecular complexity index is 1500. The Kier molecular flexibility index (Phi) is 7.97. The van der Waals surface area contributed by atoms with Gasteiger partial charge in [-0.25, -0.2) is 17.5 Å². The molecule has 2 aromatic rings. The number of sulfonamides is 1. The van der Waals surface area contributed by atoms with Gasteiger partial charge in [0.25, 0.3) is 0 Å². The fraction of sp³-hybridized carbons (Fsp3) is 0.321. The molecule has 2 aliphatic heterocycles. The Balaban J connectivity index is 1.73. The maximum Gasteiger partial charge on any atom is 0.356 e. The van der Waals surface area contributed by atoms with E-state index in [1.807, 2.05) is 19.1 Å². The van der Waals surface area contributed by atoms with E-state index in [0.29, 0.717) is 40.3 Å². The van der Waals surface area contributed by atoms with Gasteiger partial charge in [0, 0.05) is 23.5 Å². The van der Waals surface area contributed by atoms with Gasteiger partial charge in [0.2, 0.25) is 16.8 Å². The van der Waals surface area contributed by atoms with E-state index in [-0.39, 0.29) is 32.1 Å². The number of rotatable bonds is 9. The molecule has 5 rings (SSSR count). The first-order valence-corrected chi connectivity index (χ1v) is 14.3. The largest absolute Gasteiger partial charge is 0.461 e. The van der Waals surface area contributed by atoms with Crippen LogP contribution in [0.15, 0.2) is 66.4 Å². The quantitative estimate of drug-likeness (QED) is 0.260. The molecule has 3 aliphatic rings. The third-order valence-electron chi connectivity index (χ3n) is 7.00. The lowest BCUT2D eigenvalue weighted by atomic mass is 9.84. The van der Waals surface area contributed by atoms with Crippen molar-refractivity contribution in [1.29, 1.82) is 0 Å². The summed E-state index contributed by atoms with van der Waals surface area (Å²) in [7, 11) is -4.14. The fourth-order valence-electron chi connectivity index (χ4n) is 5.18. The molecule has 2 aromatic carbocycles. The predicted octanol–water partition coefficient (Wildman–Crippen LogP) is 3.90. The van der Waals surface area contributed by atoms with Crippen molar-refractivity contribution in [2.45, 2.75) is 31.9 Å². The summed E-state index contributed by atoms with van der Waals surface area (Å²) in [6.07, 6.45) is 7.65. The molecular formula is C28H30N2O9S. The van der Waals surface area contributed by atoms with Crippen LogP contribution in [0.5, 0.6) is 11.5 Å². The van der Waals surface area contributed by atoms with Crippen molar-refractivity contribution < 1.29 is 42.7 Å². The maximum absolute atomic E-state index is 14.2. The zero-order valence-electron chi connectivity index (χ0n) is 22.0. The summed E-state index contributed by atoms with van der Waals surface area (Å²) in [5.41, 5.74) is 2.73. The zero-order valence-corrected chi connectivity index (χ0v) is 22.8. The van der Waals surface area contributed by atoms with E-state index in [4.69, 9.17) is 24.6 Å². The zero-order chi connectivity index (χ0) is 28.4. The molecule has 0 spiro atoms. The van der Waals surface area contributed by atoms with E-state index in [2.05, 4.69) is 4.84 Å². The number of ether oxygens (including phenoxy) is 3. The van der Waals surface area contributed by atoms with Crippen LogP contribution in [-0.2, 0) is 30.8 Å². The number of allylic oxidation sites excluding steroid dienone is 4. The van der Waals surface area contributed by atoms with E-state index < -0.39 is 32.6 Å². The molecule has 0 saturated heterocycles. The standard InChI is InChI=1S/C28H30N2O9S/c1-3-19-13-14-21(27-26(19)37-17-38-27)24-20-10-5-7-12-23(20)40(34,35)29(22-11-6-4-9-18(22)2)25(24)28(31)36-15-8-16-39-30(32)33/h4-7,9-14,20,23,32-33H,3,8,15-17H2,1-2H3. The van der Waals surface area contributed by atoms with Gasteiger partial charge in [-0.2, -0.15) is 0 Å². The molecule has 2 atom stereocenters. The number of hydrogen-bond donors (Lipinski definition) is 2. The first-order valence-electron chi connectivity index (χ1n) is 12.8. The molecule has 2 N–H and O–H groups in total.